The van der Waals surface area contributed by atoms with Crippen LogP contribution in [0.15, 0.2) is 60.7 Å². The molecule has 0 bridgehead atoms. The first-order valence-electron chi connectivity index (χ1n) is 8.03. The van der Waals surface area contributed by atoms with Gasteiger partial charge in [0.1, 0.15) is 35.9 Å². The Morgan fingerprint density at radius 3 is 1.63 bits per heavy atom. The number of hydrogen-bond acceptors (Lipinski definition) is 8. The van der Waals surface area contributed by atoms with Gasteiger partial charge in [-0.2, -0.15) is 0 Å². The second-order valence-electron chi connectivity index (χ2n) is 5.32. The van der Waals surface area contributed by atoms with Crippen LogP contribution in [0.25, 0.3) is 0 Å². The van der Waals surface area contributed by atoms with Crippen LogP contribution in [-0.4, -0.2) is 70.5 Å². The molecular formula is C18H22BO8. The van der Waals surface area contributed by atoms with E-state index in [9.17, 15) is 4.79 Å². The normalized spacial score (nSPS) is 14.6. The van der Waals surface area contributed by atoms with Gasteiger partial charge >= 0.3 is 7.69 Å². The topological polar surface area (TPSA) is 137 Å². The van der Waals surface area contributed by atoms with Crippen molar-refractivity contribution in [3.63, 3.8) is 0 Å². The summed E-state index contributed by atoms with van der Waals surface area (Å²) in [4.78, 5) is 9.90. The largest absolute Gasteiger partial charge is 0.658 e. The summed E-state index contributed by atoms with van der Waals surface area (Å²) in [5.41, 5.74) is 0. The first-order valence-corrected chi connectivity index (χ1v) is 8.03. The van der Waals surface area contributed by atoms with Gasteiger partial charge in [0.25, 0.3) is 0 Å². The van der Waals surface area contributed by atoms with Gasteiger partial charge in [0.2, 0.25) is 0 Å². The van der Waals surface area contributed by atoms with Crippen molar-refractivity contribution in [1.29, 1.82) is 0 Å². The van der Waals surface area contributed by atoms with Crippen molar-refractivity contribution in [2.75, 3.05) is 6.61 Å². The molecule has 0 aliphatic heterocycles. The van der Waals surface area contributed by atoms with Gasteiger partial charge in [-0.15, -0.1) is 0 Å². The number of aliphatic hydroxyl groups is 5. The second-order valence-corrected chi connectivity index (χ2v) is 5.32. The third-order valence-corrected chi connectivity index (χ3v) is 3.28. The Bertz CT molecular complexity index is 588. The maximum atomic E-state index is 9.90. The van der Waals surface area contributed by atoms with Gasteiger partial charge in [-0.1, -0.05) is 36.4 Å². The monoisotopic (exact) mass is 377 g/mol. The van der Waals surface area contributed by atoms with Crippen LogP contribution in [0, 0.1) is 0 Å². The molecule has 9 heteroatoms. The average Bonchev–Trinajstić information content (AvgIpc) is 2.73. The lowest BCUT2D eigenvalue weighted by Gasteiger charge is -2.22. The van der Waals surface area contributed by atoms with E-state index in [1.54, 1.807) is 0 Å². The molecule has 0 saturated heterocycles. The highest BCUT2D eigenvalue weighted by Gasteiger charge is 2.29. The quantitative estimate of drug-likeness (QED) is 0.286. The molecule has 0 fully saturated rings. The van der Waals surface area contributed by atoms with E-state index in [1.165, 1.54) is 7.69 Å². The van der Waals surface area contributed by atoms with Gasteiger partial charge in [0.15, 0.2) is 6.29 Å². The van der Waals surface area contributed by atoms with Crippen LogP contribution in [0.2, 0.25) is 0 Å². The van der Waals surface area contributed by atoms with Crippen molar-refractivity contribution in [3.05, 3.63) is 60.7 Å². The van der Waals surface area contributed by atoms with Crippen molar-refractivity contribution >= 4 is 14.0 Å². The van der Waals surface area contributed by atoms with Crippen LogP contribution in [0.4, 0.5) is 0 Å². The van der Waals surface area contributed by atoms with E-state index in [1.807, 2.05) is 60.7 Å². The highest BCUT2D eigenvalue weighted by atomic mass is 16.6. The molecule has 2 aromatic carbocycles. The van der Waals surface area contributed by atoms with Crippen LogP contribution in [0.3, 0.4) is 0 Å². The molecule has 0 aromatic heterocycles. The molecule has 0 amide bonds. The molecule has 0 spiro atoms. The van der Waals surface area contributed by atoms with E-state index >= 15 is 0 Å². The summed E-state index contributed by atoms with van der Waals surface area (Å²) in [5.74, 6) is 1.52. The first-order chi connectivity index (χ1) is 13.0. The van der Waals surface area contributed by atoms with Gasteiger partial charge in [0, 0.05) is 0 Å². The van der Waals surface area contributed by atoms with Crippen molar-refractivity contribution in [3.8, 4) is 11.5 Å². The maximum Gasteiger partial charge on any atom is 0.658 e. The summed E-state index contributed by atoms with van der Waals surface area (Å²) < 4.78 is 10.5. The summed E-state index contributed by atoms with van der Waals surface area (Å²) in [6.45, 7) is -0.760. The summed E-state index contributed by atoms with van der Waals surface area (Å²) in [7, 11) is 1.32. The minimum Gasteiger partial charge on any atom is -0.526 e. The third kappa shape index (κ3) is 8.67. The highest BCUT2D eigenvalue weighted by Crippen LogP contribution is 2.10. The lowest BCUT2D eigenvalue weighted by Crippen LogP contribution is -2.46. The van der Waals surface area contributed by atoms with Crippen LogP contribution >= 0.6 is 0 Å². The number of carbonyl (C=O) groups excluding carboxylic acids is 1. The first kappa shape index (κ1) is 22.6. The number of aldehydes is 1. The van der Waals surface area contributed by atoms with E-state index in [0.717, 1.165) is 11.5 Å². The number of aliphatic hydroxyl groups excluding tert-OH is 5. The number of carbonyl (C=O) groups is 1. The Morgan fingerprint density at radius 1 is 0.815 bits per heavy atom. The van der Waals surface area contributed by atoms with Crippen LogP contribution in [0.1, 0.15) is 0 Å². The zero-order chi connectivity index (χ0) is 20.1. The SMILES string of the molecule is O=C[C@H](O)[C@@H](O)[C@H](O)[C@H](O)CO.[B](Oc1ccccc1)Oc1ccccc1. The fourth-order valence-electron chi connectivity index (χ4n) is 1.75. The van der Waals surface area contributed by atoms with E-state index in [0.29, 0.717) is 0 Å². The zero-order valence-corrected chi connectivity index (χ0v) is 14.4. The second kappa shape index (κ2) is 12.9. The molecule has 0 heterocycles. The Hall–Kier alpha value is -2.43. The molecule has 2 rings (SSSR count). The van der Waals surface area contributed by atoms with E-state index < -0.39 is 31.0 Å². The number of para-hydroxylation sites is 2. The molecule has 27 heavy (non-hydrogen) atoms. The predicted molar refractivity (Wildman–Crippen MR) is 97.1 cm³/mol. The smallest absolute Gasteiger partial charge is 0.526 e. The zero-order valence-electron chi connectivity index (χ0n) is 14.4. The molecule has 4 atom stereocenters. The highest BCUT2D eigenvalue weighted by molar-refractivity contribution is 6.20. The molecule has 8 nitrogen and oxygen atoms in total. The molecule has 0 saturated carbocycles. The molecule has 0 unspecified atom stereocenters. The molecule has 2 aromatic rings. The molecular weight excluding hydrogens is 355 g/mol. The van der Waals surface area contributed by atoms with Gasteiger partial charge in [0.05, 0.1) is 6.61 Å². The van der Waals surface area contributed by atoms with E-state index in [-0.39, 0.29) is 6.29 Å². The Morgan fingerprint density at radius 2 is 1.26 bits per heavy atom. The van der Waals surface area contributed by atoms with Gasteiger partial charge in [-0.3, -0.25) is 0 Å². The molecule has 0 aliphatic rings. The number of hydrogen-bond donors (Lipinski definition) is 5. The maximum absolute atomic E-state index is 9.90. The lowest BCUT2D eigenvalue weighted by molar-refractivity contribution is -0.136. The standard InChI is InChI=1S/C12H10BO2.C6H12O6/c1-3-7-11(8-4-1)14-13-15-12-9-5-2-6-10-12;7-1-3(9)5(11)6(12)4(10)2-8/h1-10H;1,3-6,8-12H,2H2/t;3-,4+,5+,6+/m.0/s1. The Balaban J connectivity index is 0.000000279. The predicted octanol–water partition coefficient (Wildman–Crippen LogP) is -0.700. The lowest BCUT2D eigenvalue weighted by atomic mass is 10.0. The van der Waals surface area contributed by atoms with Gasteiger partial charge < -0.3 is 39.6 Å². The average molecular weight is 377 g/mol. The summed E-state index contributed by atoms with van der Waals surface area (Å²) in [6, 6.07) is 19.0. The summed E-state index contributed by atoms with van der Waals surface area (Å²) in [6.07, 6.45) is -6.84. The minimum absolute atomic E-state index is 0.0258. The summed E-state index contributed by atoms with van der Waals surface area (Å²) >= 11 is 0. The molecule has 1 radical (unpaired) electrons. The van der Waals surface area contributed by atoms with Crippen LogP contribution < -0.4 is 9.31 Å². The molecule has 5 N–H and O–H groups in total. The Labute approximate surface area is 157 Å². The van der Waals surface area contributed by atoms with Gasteiger partial charge in [-0.05, 0) is 24.3 Å². The number of benzene rings is 2. The molecule has 145 valence electrons. The third-order valence-electron chi connectivity index (χ3n) is 3.28. The summed E-state index contributed by atoms with van der Waals surface area (Å²) in [5, 5.41) is 43.5. The Kier molecular flexibility index (Phi) is 10.8. The fourth-order valence-corrected chi connectivity index (χ4v) is 1.75. The van der Waals surface area contributed by atoms with E-state index in [4.69, 9.17) is 34.8 Å². The van der Waals surface area contributed by atoms with Crippen molar-refractivity contribution in [2.45, 2.75) is 24.4 Å². The van der Waals surface area contributed by atoms with Crippen molar-refractivity contribution < 1.29 is 39.6 Å². The van der Waals surface area contributed by atoms with Crippen molar-refractivity contribution in [2.24, 2.45) is 0 Å². The molecule has 0 aliphatic carbocycles. The van der Waals surface area contributed by atoms with Crippen molar-refractivity contribution in [1.82, 2.24) is 0 Å². The number of rotatable bonds is 9. The van der Waals surface area contributed by atoms with E-state index in [2.05, 4.69) is 0 Å². The fraction of sp³-hybridized carbons (Fsp3) is 0.278. The van der Waals surface area contributed by atoms with Gasteiger partial charge in [-0.25, -0.2) is 0 Å². The van der Waals surface area contributed by atoms with Crippen LogP contribution in [0.5, 0.6) is 11.5 Å². The van der Waals surface area contributed by atoms with Crippen LogP contribution in [-0.2, 0) is 4.79 Å². The minimum atomic E-state index is -1.79.